The molecule has 2 rings (SSSR count). The van der Waals surface area contributed by atoms with Crippen molar-refractivity contribution in [2.75, 3.05) is 11.9 Å². The van der Waals surface area contributed by atoms with Gasteiger partial charge in [0.1, 0.15) is 0 Å². The summed E-state index contributed by atoms with van der Waals surface area (Å²) >= 11 is 1.52. The van der Waals surface area contributed by atoms with E-state index in [2.05, 4.69) is 17.2 Å². The van der Waals surface area contributed by atoms with Crippen molar-refractivity contribution in [2.45, 2.75) is 46.1 Å². The Kier molecular flexibility index (Phi) is 4.22. The molecule has 0 saturated heterocycles. The number of anilines is 1. The maximum absolute atomic E-state index is 11.6. The van der Waals surface area contributed by atoms with E-state index in [1.165, 1.54) is 30.6 Å². The largest absolute Gasteiger partial charge is 0.461 e. The van der Waals surface area contributed by atoms with Crippen LogP contribution in [0.25, 0.3) is 0 Å². The Hall–Kier alpha value is -1.10. The molecule has 0 aromatic carbocycles. The van der Waals surface area contributed by atoms with E-state index in [1.54, 1.807) is 6.92 Å². The van der Waals surface area contributed by atoms with Gasteiger partial charge >= 0.3 is 5.97 Å². The number of ether oxygens (including phenoxy) is 1. The third-order valence-electron chi connectivity index (χ3n) is 3.02. The minimum atomic E-state index is -0.325. The van der Waals surface area contributed by atoms with Gasteiger partial charge < -0.3 is 10.1 Å². The van der Waals surface area contributed by atoms with Crippen molar-refractivity contribution in [3.63, 3.8) is 0 Å². The van der Waals surface area contributed by atoms with Gasteiger partial charge in [0.05, 0.1) is 6.61 Å². The minimum Gasteiger partial charge on any atom is -0.461 e. The number of carbonyl (C=O) groups excluding carboxylic acids is 1. The molecule has 1 N–H and O–H groups in total. The first kappa shape index (κ1) is 13.3. The SMILES string of the molecule is CCOC(=O)c1nc(NC(C)CC2CC2)sc1C. The van der Waals surface area contributed by atoms with E-state index in [9.17, 15) is 4.79 Å². The summed E-state index contributed by atoms with van der Waals surface area (Å²) in [6, 6.07) is 0.415. The van der Waals surface area contributed by atoms with Crippen LogP contribution in [0.4, 0.5) is 5.13 Å². The van der Waals surface area contributed by atoms with E-state index >= 15 is 0 Å². The fourth-order valence-corrected chi connectivity index (χ4v) is 2.88. The summed E-state index contributed by atoms with van der Waals surface area (Å²) in [6.07, 6.45) is 3.90. The molecular formula is C13H20N2O2S. The maximum Gasteiger partial charge on any atom is 0.358 e. The van der Waals surface area contributed by atoms with Gasteiger partial charge in [0.2, 0.25) is 0 Å². The zero-order chi connectivity index (χ0) is 13.1. The maximum atomic E-state index is 11.6. The molecule has 18 heavy (non-hydrogen) atoms. The predicted molar refractivity (Wildman–Crippen MR) is 73.2 cm³/mol. The molecule has 1 atom stereocenters. The zero-order valence-electron chi connectivity index (χ0n) is 11.2. The molecule has 0 bridgehead atoms. The number of aryl methyl sites for hydroxylation is 1. The normalized spacial score (nSPS) is 16.4. The molecule has 1 heterocycles. The molecule has 0 amide bonds. The second kappa shape index (κ2) is 5.69. The zero-order valence-corrected chi connectivity index (χ0v) is 12.0. The monoisotopic (exact) mass is 268 g/mol. The van der Waals surface area contributed by atoms with Crippen LogP contribution in [0.15, 0.2) is 0 Å². The molecule has 0 radical (unpaired) electrons. The highest BCUT2D eigenvalue weighted by molar-refractivity contribution is 7.15. The van der Waals surface area contributed by atoms with E-state index in [4.69, 9.17) is 4.74 Å². The van der Waals surface area contributed by atoms with E-state index in [-0.39, 0.29) is 5.97 Å². The van der Waals surface area contributed by atoms with Crippen LogP contribution in [0.3, 0.4) is 0 Å². The fourth-order valence-electron chi connectivity index (χ4n) is 1.97. The first-order valence-electron chi connectivity index (χ1n) is 6.51. The number of aromatic nitrogens is 1. The number of thiazole rings is 1. The molecule has 4 nitrogen and oxygen atoms in total. The van der Waals surface area contributed by atoms with Gasteiger partial charge in [0.25, 0.3) is 0 Å². The van der Waals surface area contributed by atoms with Gasteiger partial charge in [0, 0.05) is 10.9 Å². The molecule has 1 aliphatic carbocycles. The van der Waals surface area contributed by atoms with Gasteiger partial charge in [-0.15, -0.1) is 11.3 Å². The quantitative estimate of drug-likeness (QED) is 0.805. The Morgan fingerprint density at radius 3 is 2.94 bits per heavy atom. The van der Waals surface area contributed by atoms with Crippen molar-refractivity contribution in [3.8, 4) is 0 Å². The molecule has 5 heteroatoms. The molecule has 1 unspecified atom stereocenters. The highest BCUT2D eigenvalue weighted by Crippen LogP contribution is 2.34. The third kappa shape index (κ3) is 3.45. The van der Waals surface area contributed by atoms with Gasteiger partial charge in [-0.25, -0.2) is 9.78 Å². The van der Waals surface area contributed by atoms with Crippen molar-refractivity contribution in [2.24, 2.45) is 5.92 Å². The summed E-state index contributed by atoms with van der Waals surface area (Å²) in [7, 11) is 0. The second-order valence-electron chi connectivity index (χ2n) is 4.87. The van der Waals surface area contributed by atoms with Crippen LogP contribution in [0, 0.1) is 12.8 Å². The van der Waals surface area contributed by atoms with E-state index < -0.39 is 0 Å². The van der Waals surface area contributed by atoms with Crippen LogP contribution in [-0.4, -0.2) is 23.6 Å². The Bertz CT molecular complexity index is 427. The number of hydrogen-bond acceptors (Lipinski definition) is 5. The molecule has 100 valence electrons. The molecule has 1 aromatic rings. The summed E-state index contributed by atoms with van der Waals surface area (Å²) in [4.78, 5) is 16.9. The first-order valence-corrected chi connectivity index (χ1v) is 7.33. The number of carbonyl (C=O) groups is 1. The van der Waals surface area contributed by atoms with Crippen LogP contribution in [-0.2, 0) is 4.74 Å². The van der Waals surface area contributed by atoms with E-state index in [0.29, 0.717) is 18.3 Å². The van der Waals surface area contributed by atoms with Crippen LogP contribution in [0.2, 0.25) is 0 Å². The molecule has 1 fully saturated rings. The molecule has 0 aliphatic heterocycles. The van der Waals surface area contributed by atoms with Gasteiger partial charge in [-0.05, 0) is 33.1 Å². The van der Waals surface area contributed by atoms with Gasteiger partial charge in [-0.1, -0.05) is 12.8 Å². The number of rotatable bonds is 6. The molecular weight excluding hydrogens is 248 g/mol. The summed E-state index contributed by atoms with van der Waals surface area (Å²) in [5, 5.41) is 4.19. The first-order chi connectivity index (χ1) is 8.60. The number of nitrogens with one attached hydrogen (secondary N) is 1. The molecule has 0 spiro atoms. The second-order valence-corrected chi connectivity index (χ2v) is 6.07. The van der Waals surface area contributed by atoms with Crippen molar-refractivity contribution < 1.29 is 9.53 Å². The van der Waals surface area contributed by atoms with Crippen molar-refractivity contribution in [1.82, 2.24) is 4.98 Å². The lowest BCUT2D eigenvalue weighted by Crippen LogP contribution is -2.15. The van der Waals surface area contributed by atoms with Crippen molar-refractivity contribution >= 4 is 22.4 Å². The standard InChI is InChI=1S/C13H20N2O2S/c1-4-17-12(16)11-9(3)18-13(15-11)14-8(2)7-10-5-6-10/h8,10H,4-7H2,1-3H3,(H,14,15). The Morgan fingerprint density at radius 1 is 1.61 bits per heavy atom. The lowest BCUT2D eigenvalue weighted by molar-refractivity contribution is 0.0519. The van der Waals surface area contributed by atoms with Gasteiger partial charge in [-0.3, -0.25) is 0 Å². The summed E-state index contributed by atoms with van der Waals surface area (Å²) in [5.41, 5.74) is 0.447. The smallest absolute Gasteiger partial charge is 0.358 e. The molecule has 1 aromatic heterocycles. The van der Waals surface area contributed by atoms with Crippen LogP contribution in [0.1, 0.15) is 48.5 Å². The molecule has 1 saturated carbocycles. The van der Waals surface area contributed by atoms with E-state index in [0.717, 1.165) is 15.9 Å². The van der Waals surface area contributed by atoms with Crippen LogP contribution in [0.5, 0.6) is 0 Å². The average molecular weight is 268 g/mol. The lowest BCUT2D eigenvalue weighted by atomic mass is 10.2. The Morgan fingerprint density at radius 2 is 2.33 bits per heavy atom. The Balaban J connectivity index is 1.96. The van der Waals surface area contributed by atoms with Crippen LogP contribution >= 0.6 is 11.3 Å². The predicted octanol–water partition coefficient (Wildman–Crippen LogP) is 3.23. The minimum absolute atomic E-state index is 0.325. The highest BCUT2D eigenvalue weighted by atomic mass is 32.1. The van der Waals surface area contributed by atoms with Gasteiger partial charge in [-0.2, -0.15) is 0 Å². The molecule has 1 aliphatic rings. The number of nitrogens with zero attached hydrogens (tertiary/aromatic N) is 1. The lowest BCUT2D eigenvalue weighted by Gasteiger charge is -2.11. The average Bonchev–Trinajstić information content (AvgIpc) is 3.02. The van der Waals surface area contributed by atoms with Gasteiger partial charge in [0.15, 0.2) is 10.8 Å². The van der Waals surface area contributed by atoms with Crippen molar-refractivity contribution in [3.05, 3.63) is 10.6 Å². The highest BCUT2D eigenvalue weighted by Gasteiger charge is 2.24. The third-order valence-corrected chi connectivity index (χ3v) is 3.92. The summed E-state index contributed by atoms with van der Waals surface area (Å²) < 4.78 is 4.98. The summed E-state index contributed by atoms with van der Waals surface area (Å²) in [6.45, 7) is 6.26. The fraction of sp³-hybridized carbons (Fsp3) is 0.692. The van der Waals surface area contributed by atoms with Crippen LogP contribution < -0.4 is 5.32 Å². The van der Waals surface area contributed by atoms with Crippen molar-refractivity contribution in [1.29, 1.82) is 0 Å². The van der Waals surface area contributed by atoms with E-state index in [1.807, 2.05) is 6.92 Å². The number of hydrogen-bond donors (Lipinski definition) is 1. The topological polar surface area (TPSA) is 51.2 Å². The Labute approximate surface area is 112 Å². The number of esters is 1. The summed E-state index contributed by atoms with van der Waals surface area (Å²) in [5.74, 6) is 0.562.